The van der Waals surface area contributed by atoms with Gasteiger partial charge in [0.05, 0.1) is 5.41 Å². The smallest absolute Gasteiger partial charge is 0.232 e. The van der Waals surface area contributed by atoms with E-state index in [1.165, 1.54) is 0 Å². The highest BCUT2D eigenvalue weighted by Gasteiger charge is 2.37. The quantitative estimate of drug-likeness (QED) is 0.785. The zero-order chi connectivity index (χ0) is 15.7. The van der Waals surface area contributed by atoms with Crippen molar-refractivity contribution in [3.63, 3.8) is 0 Å². The lowest BCUT2D eigenvalue weighted by Gasteiger charge is -2.38. The number of hydrogen-bond donors (Lipinski definition) is 0. The van der Waals surface area contributed by atoms with E-state index in [-0.39, 0.29) is 11.3 Å². The molecule has 22 heavy (non-hydrogen) atoms. The first-order valence-electron chi connectivity index (χ1n) is 8.02. The van der Waals surface area contributed by atoms with Crippen LogP contribution in [0.1, 0.15) is 31.2 Å². The van der Waals surface area contributed by atoms with Crippen molar-refractivity contribution in [3.8, 4) is 0 Å². The number of rotatable bonds is 2. The Kier molecular flexibility index (Phi) is 3.89. The maximum Gasteiger partial charge on any atom is 0.232 e. The molecule has 5 heteroatoms. The highest BCUT2D eigenvalue weighted by molar-refractivity contribution is 5.85. The molecule has 1 unspecified atom stereocenters. The number of hydrogen-bond acceptors (Lipinski definition) is 4. The monoisotopic (exact) mass is 300 g/mol. The first kappa shape index (κ1) is 15.0. The highest BCUT2D eigenvalue weighted by atomic mass is 16.2. The minimum absolute atomic E-state index is 0.266. The van der Waals surface area contributed by atoms with Gasteiger partial charge in [0.1, 0.15) is 0 Å². The van der Waals surface area contributed by atoms with Crippen molar-refractivity contribution in [2.24, 2.45) is 5.41 Å². The Morgan fingerprint density at radius 2 is 1.77 bits per heavy atom. The summed E-state index contributed by atoms with van der Waals surface area (Å²) in [5.74, 6) is 1.05. The van der Waals surface area contributed by atoms with Gasteiger partial charge in [-0.05, 0) is 39.7 Å². The second-order valence-corrected chi connectivity index (χ2v) is 6.59. The molecule has 2 heterocycles. The molecule has 0 saturated carbocycles. The van der Waals surface area contributed by atoms with Gasteiger partial charge in [-0.25, -0.2) is 9.97 Å². The van der Waals surface area contributed by atoms with E-state index in [0.29, 0.717) is 0 Å². The van der Waals surface area contributed by atoms with Crippen LogP contribution in [0.3, 0.4) is 0 Å². The predicted octanol–water partition coefficient (Wildman–Crippen LogP) is 2.10. The molecule has 1 aromatic heterocycles. The van der Waals surface area contributed by atoms with Gasteiger partial charge in [0.25, 0.3) is 0 Å². The third-order valence-corrected chi connectivity index (χ3v) is 4.62. The third kappa shape index (κ3) is 2.85. The maximum absolute atomic E-state index is 12.7. The fourth-order valence-corrected chi connectivity index (χ4v) is 3.31. The second kappa shape index (κ2) is 5.71. The van der Waals surface area contributed by atoms with E-state index in [9.17, 15) is 4.79 Å². The van der Waals surface area contributed by atoms with E-state index in [1.807, 2.05) is 24.8 Å². The van der Waals surface area contributed by atoms with Crippen molar-refractivity contribution in [3.05, 3.63) is 29.6 Å². The lowest BCUT2D eigenvalue weighted by molar-refractivity contribution is -0.139. The van der Waals surface area contributed by atoms with Gasteiger partial charge < -0.3 is 9.80 Å². The van der Waals surface area contributed by atoms with Gasteiger partial charge in [0, 0.05) is 37.6 Å². The number of nitrogens with zero attached hydrogens (tertiary/aromatic N) is 4. The molecule has 1 atom stereocenters. The van der Waals surface area contributed by atoms with Crippen molar-refractivity contribution in [1.29, 1.82) is 0 Å². The molecule has 2 aliphatic rings. The molecule has 5 nitrogen and oxygen atoms in total. The normalized spacial score (nSPS) is 24.9. The molecule has 1 aliphatic carbocycles. The van der Waals surface area contributed by atoms with Gasteiger partial charge >= 0.3 is 0 Å². The summed E-state index contributed by atoms with van der Waals surface area (Å²) in [6.45, 7) is 9.13. The number of allylic oxidation sites excluding steroid dienone is 1. The summed E-state index contributed by atoms with van der Waals surface area (Å²) < 4.78 is 0. The lowest BCUT2D eigenvalue weighted by atomic mass is 9.88. The Bertz CT molecular complexity index is 584. The molecule has 1 aromatic rings. The number of piperazine rings is 1. The highest BCUT2D eigenvalue weighted by Crippen LogP contribution is 2.33. The molecular formula is C17H24N4O. The molecule has 3 rings (SSSR count). The van der Waals surface area contributed by atoms with Crippen LogP contribution < -0.4 is 4.90 Å². The van der Waals surface area contributed by atoms with Gasteiger partial charge in [-0.2, -0.15) is 0 Å². The Morgan fingerprint density at radius 3 is 2.32 bits per heavy atom. The SMILES string of the molecule is Cc1cc(C)nc(N2CCN(C(=O)C3(C)C=CCC3)CC2)n1. The van der Waals surface area contributed by atoms with E-state index in [2.05, 4.69) is 33.9 Å². The van der Waals surface area contributed by atoms with Crippen molar-refractivity contribution in [1.82, 2.24) is 14.9 Å². The standard InChI is InChI=1S/C17H24N4O/c1-13-12-14(2)19-16(18-13)21-10-8-20(9-11-21)15(22)17(3)6-4-5-7-17/h4,6,12H,5,7-11H2,1-3H3. The molecule has 0 spiro atoms. The number of aromatic nitrogens is 2. The number of carbonyl (C=O) groups excluding carboxylic acids is 1. The van der Waals surface area contributed by atoms with E-state index >= 15 is 0 Å². The van der Waals surface area contributed by atoms with Crippen LogP contribution in [0, 0.1) is 19.3 Å². The summed E-state index contributed by atoms with van der Waals surface area (Å²) in [5, 5.41) is 0. The molecule has 1 amide bonds. The van der Waals surface area contributed by atoms with Gasteiger partial charge in [-0.15, -0.1) is 0 Å². The fourth-order valence-electron chi connectivity index (χ4n) is 3.31. The molecular weight excluding hydrogens is 276 g/mol. The van der Waals surface area contributed by atoms with Crippen LogP contribution >= 0.6 is 0 Å². The summed E-state index contributed by atoms with van der Waals surface area (Å²) in [5.41, 5.74) is 1.69. The van der Waals surface area contributed by atoms with Crippen LogP contribution in [0.2, 0.25) is 0 Å². The van der Waals surface area contributed by atoms with Crippen LogP contribution in [0.25, 0.3) is 0 Å². The average molecular weight is 300 g/mol. The molecule has 0 N–H and O–H groups in total. The summed E-state index contributed by atoms with van der Waals surface area (Å²) >= 11 is 0. The van der Waals surface area contributed by atoms with Gasteiger partial charge in [0.2, 0.25) is 11.9 Å². The largest absolute Gasteiger partial charge is 0.338 e. The number of anilines is 1. The maximum atomic E-state index is 12.7. The van der Waals surface area contributed by atoms with Crippen molar-refractivity contribution in [2.45, 2.75) is 33.6 Å². The molecule has 0 radical (unpaired) electrons. The van der Waals surface area contributed by atoms with E-state index in [1.54, 1.807) is 0 Å². The van der Waals surface area contributed by atoms with Gasteiger partial charge in [0.15, 0.2) is 0 Å². The lowest BCUT2D eigenvalue weighted by Crippen LogP contribution is -2.52. The van der Waals surface area contributed by atoms with Gasteiger partial charge in [-0.3, -0.25) is 4.79 Å². The first-order chi connectivity index (χ1) is 10.5. The Hall–Kier alpha value is -1.91. The van der Waals surface area contributed by atoms with Crippen molar-refractivity contribution < 1.29 is 4.79 Å². The van der Waals surface area contributed by atoms with E-state index in [0.717, 1.165) is 56.4 Å². The summed E-state index contributed by atoms with van der Waals surface area (Å²) in [4.78, 5) is 25.9. The second-order valence-electron chi connectivity index (χ2n) is 6.59. The summed E-state index contributed by atoms with van der Waals surface area (Å²) in [6, 6.07) is 1.98. The summed E-state index contributed by atoms with van der Waals surface area (Å²) in [7, 11) is 0. The van der Waals surface area contributed by atoms with Crippen LogP contribution in [0.15, 0.2) is 18.2 Å². The topological polar surface area (TPSA) is 49.3 Å². The van der Waals surface area contributed by atoms with Crippen LogP contribution in [0.4, 0.5) is 5.95 Å². The van der Waals surface area contributed by atoms with Crippen LogP contribution in [-0.2, 0) is 4.79 Å². The molecule has 1 aliphatic heterocycles. The van der Waals surface area contributed by atoms with Crippen molar-refractivity contribution in [2.75, 3.05) is 31.1 Å². The predicted molar refractivity (Wildman–Crippen MR) is 86.8 cm³/mol. The molecule has 0 bridgehead atoms. The summed E-state index contributed by atoms with van der Waals surface area (Å²) in [6.07, 6.45) is 6.15. The van der Waals surface area contributed by atoms with Gasteiger partial charge in [-0.1, -0.05) is 12.2 Å². The van der Waals surface area contributed by atoms with E-state index in [4.69, 9.17) is 0 Å². The number of amides is 1. The minimum Gasteiger partial charge on any atom is -0.338 e. The third-order valence-electron chi connectivity index (χ3n) is 4.62. The van der Waals surface area contributed by atoms with Crippen LogP contribution in [0.5, 0.6) is 0 Å². The first-order valence-corrected chi connectivity index (χ1v) is 8.02. The molecule has 1 fully saturated rings. The zero-order valence-electron chi connectivity index (χ0n) is 13.7. The number of aryl methyl sites for hydroxylation is 2. The Labute approximate surface area is 132 Å². The average Bonchev–Trinajstić information content (AvgIpc) is 2.94. The zero-order valence-corrected chi connectivity index (χ0v) is 13.7. The molecule has 118 valence electrons. The molecule has 0 aromatic carbocycles. The Balaban J connectivity index is 1.65. The number of carbonyl (C=O) groups is 1. The van der Waals surface area contributed by atoms with Crippen molar-refractivity contribution >= 4 is 11.9 Å². The minimum atomic E-state index is -0.293. The van der Waals surface area contributed by atoms with Crippen LogP contribution in [-0.4, -0.2) is 47.0 Å². The van der Waals surface area contributed by atoms with E-state index < -0.39 is 0 Å². The molecule has 1 saturated heterocycles. The fraction of sp³-hybridized carbons (Fsp3) is 0.588. The Morgan fingerprint density at radius 1 is 1.14 bits per heavy atom.